The van der Waals surface area contributed by atoms with Crippen molar-refractivity contribution in [3.05, 3.63) is 64.4 Å². The summed E-state index contributed by atoms with van der Waals surface area (Å²) in [6.07, 6.45) is 0. The van der Waals surface area contributed by atoms with Gasteiger partial charge in [-0.15, -0.1) is 10.2 Å². The minimum absolute atomic E-state index is 0.00430. The van der Waals surface area contributed by atoms with E-state index in [-0.39, 0.29) is 26.4 Å². The minimum atomic E-state index is -3.72. The molecule has 0 atom stereocenters. The fraction of sp³-hybridized carbons (Fsp3) is 0.167. The van der Waals surface area contributed by atoms with Crippen molar-refractivity contribution < 1.29 is 17.6 Å². The van der Waals surface area contributed by atoms with Gasteiger partial charge < -0.3 is 0 Å². The van der Waals surface area contributed by atoms with E-state index in [4.69, 9.17) is 11.6 Å². The largest absolute Gasteiger partial charge is 0.296 e. The number of halogens is 2. The molecule has 0 bridgehead atoms. The first-order chi connectivity index (χ1) is 14.2. The zero-order valence-electron chi connectivity index (χ0n) is 15.8. The lowest BCUT2D eigenvalue weighted by Gasteiger charge is -2.12. The van der Waals surface area contributed by atoms with Crippen molar-refractivity contribution in [2.75, 3.05) is 19.4 Å². The van der Waals surface area contributed by atoms with Crippen LogP contribution in [0.15, 0.2) is 51.7 Å². The van der Waals surface area contributed by atoms with Crippen LogP contribution in [-0.4, -0.2) is 42.9 Å². The minimum Gasteiger partial charge on any atom is -0.296 e. The molecule has 0 aliphatic rings. The van der Waals surface area contributed by atoms with E-state index in [1.54, 1.807) is 18.2 Å². The number of thioether (sulfide) groups is 1. The molecule has 7 nitrogen and oxygen atoms in total. The molecule has 0 aliphatic heterocycles. The van der Waals surface area contributed by atoms with E-state index in [1.807, 2.05) is 0 Å². The quantitative estimate of drug-likeness (QED) is 0.399. The van der Waals surface area contributed by atoms with Crippen LogP contribution in [0.1, 0.15) is 15.9 Å². The summed E-state index contributed by atoms with van der Waals surface area (Å²) in [5.74, 6) is -0.547. The lowest BCUT2D eigenvalue weighted by Crippen LogP contribution is -2.23. The van der Waals surface area contributed by atoms with Gasteiger partial charge in [-0.05, 0) is 29.8 Å². The normalized spacial score (nSPS) is 11.6. The zero-order valence-corrected chi connectivity index (χ0v) is 19.0. The van der Waals surface area contributed by atoms with Crippen molar-refractivity contribution >= 4 is 55.8 Å². The van der Waals surface area contributed by atoms with E-state index >= 15 is 0 Å². The summed E-state index contributed by atoms with van der Waals surface area (Å²) in [6.45, 7) is 0. The molecule has 1 N–H and O–H groups in total. The third kappa shape index (κ3) is 5.16. The number of hydrogen-bond donors (Lipinski definition) is 1. The molecule has 158 valence electrons. The maximum Gasteiger partial charge on any atom is 0.259 e. The number of amides is 1. The van der Waals surface area contributed by atoms with Gasteiger partial charge in [0.1, 0.15) is 5.82 Å². The van der Waals surface area contributed by atoms with Crippen LogP contribution in [0.2, 0.25) is 5.02 Å². The Morgan fingerprint density at radius 1 is 1.23 bits per heavy atom. The molecule has 0 saturated carbocycles. The molecule has 0 saturated heterocycles. The number of carbonyl (C=O) groups excluding carboxylic acids is 1. The summed E-state index contributed by atoms with van der Waals surface area (Å²) in [5.41, 5.74) is 0.532. The van der Waals surface area contributed by atoms with Crippen LogP contribution in [0.3, 0.4) is 0 Å². The predicted octanol–water partition coefficient (Wildman–Crippen LogP) is 4.13. The number of carbonyl (C=O) groups is 1. The summed E-state index contributed by atoms with van der Waals surface area (Å²) in [5, 5.41) is 10.7. The van der Waals surface area contributed by atoms with E-state index < -0.39 is 15.9 Å². The maximum atomic E-state index is 13.7. The van der Waals surface area contributed by atoms with Gasteiger partial charge in [-0.1, -0.05) is 52.9 Å². The van der Waals surface area contributed by atoms with E-state index in [0.29, 0.717) is 15.7 Å². The van der Waals surface area contributed by atoms with E-state index in [1.165, 1.54) is 50.1 Å². The van der Waals surface area contributed by atoms with Gasteiger partial charge in [0.05, 0.1) is 15.5 Å². The van der Waals surface area contributed by atoms with Crippen molar-refractivity contribution in [1.29, 1.82) is 0 Å². The summed E-state index contributed by atoms with van der Waals surface area (Å²) < 4.78 is 39.9. The average molecular weight is 487 g/mol. The van der Waals surface area contributed by atoms with Gasteiger partial charge in [-0.2, -0.15) is 0 Å². The lowest BCUT2D eigenvalue weighted by molar-refractivity contribution is 0.102. The molecule has 0 fully saturated rings. The fourth-order valence-corrected chi connectivity index (χ4v) is 5.15. The van der Waals surface area contributed by atoms with Gasteiger partial charge in [-0.25, -0.2) is 17.1 Å². The Kier molecular flexibility index (Phi) is 7.09. The van der Waals surface area contributed by atoms with Gasteiger partial charge in [-0.3, -0.25) is 10.1 Å². The fourth-order valence-electron chi connectivity index (χ4n) is 2.29. The van der Waals surface area contributed by atoms with Crippen molar-refractivity contribution in [2.24, 2.45) is 0 Å². The smallest absolute Gasteiger partial charge is 0.259 e. The number of nitrogens with one attached hydrogen (secondary N) is 1. The maximum absolute atomic E-state index is 13.7. The first-order valence-electron chi connectivity index (χ1n) is 8.41. The Morgan fingerprint density at radius 2 is 1.97 bits per heavy atom. The van der Waals surface area contributed by atoms with Gasteiger partial charge in [0.15, 0.2) is 4.34 Å². The molecule has 1 amide bonds. The zero-order chi connectivity index (χ0) is 21.9. The Morgan fingerprint density at radius 3 is 2.67 bits per heavy atom. The summed E-state index contributed by atoms with van der Waals surface area (Å²) in [4.78, 5) is 12.5. The van der Waals surface area contributed by atoms with Crippen LogP contribution < -0.4 is 5.32 Å². The van der Waals surface area contributed by atoms with Crippen molar-refractivity contribution in [2.45, 2.75) is 15.0 Å². The molecule has 3 rings (SSSR count). The Balaban J connectivity index is 1.72. The molecule has 0 aliphatic carbocycles. The second-order valence-corrected chi connectivity index (χ2v) is 10.9. The monoisotopic (exact) mass is 486 g/mol. The molecule has 12 heteroatoms. The van der Waals surface area contributed by atoms with E-state index in [2.05, 4.69) is 15.5 Å². The topological polar surface area (TPSA) is 92.3 Å². The van der Waals surface area contributed by atoms with E-state index in [0.717, 1.165) is 15.6 Å². The highest BCUT2D eigenvalue weighted by atomic mass is 35.5. The van der Waals surface area contributed by atoms with Gasteiger partial charge >= 0.3 is 0 Å². The molecule has 0 unspecified atom stereocenters. The third-order valence-electron chi connectivity index (χ3n) is 3.90. The van der Waals surface area contributed by atoms with Crippen LogP contribution in [0, 0.1) is 5.82 Å². The summed E-state index contributed by atoms with van der Waals surface area (Å²) >= 11 is 8.49. The molecular weight excluding hydrogens is 471 g/mol. The highest BCUT2D eigenvalue weighted by molar-refractivity contribution is 8.00. The first kappa shape index (κ1) is 22.6. The Hall–Kier alpha value is -2.05. The van der Waals surface area contributed by atoms with Gasteiger partial charge in [0.25, 0.3) is 5.91 Å². The molecule has 0 spiro atoms. The second kappa shape index (κ2) is 9.40. The number of nitrogens with zero attached hydrogens (tertiary/aromatic N) is 3. The molecule has 0 radical (unpaired) electrons. The van der Waals surface area contributed by atoms with Crippen molar-refractivity contribution in [1.82, 2.24) is 14.5 Å². The highest BCUT2D eigenvalue weighted by Crippen LogP contribution is 2.30. The predicted molar refractivity (Wildman–Crippen MR) is 116 cm³/mol. The summed E-state index contributed by atoms with van der Waals surface area (Å²) in [7, 11) is -0.932. The Labute approximate surface area is 186 Å². The third-order valence-corrected chi connectivity index (χ3v) is 8.06. The standard InChI is InChI=1S/C18H16ClFN4O3S3/c1-24(2)30(26,27)12-7-8-14(19)13(9-12)16(25)21-17-22-23-18(29-17)28-10-11-5-3-4-6-15(11)20/h3-9H,10H2,1-2H3,(H,21,22,25). The van der Waals surface area contributed by atoms with Crippen LogP contribution in [0.5, 0.6) is 0 Å². The number of aromatic nitrogens is 2. The average Bonchev–Trinajstić information content (AvgIpc) is 3.14. The van der Waals surface area contributed by atoms with Crippen LogP contribution in [0.4, 0.5) is 9.52 Å². The Bertz CT molecular complexity index is 1180. The molecule has 1 heterocycles. The number of sulfonamides is 1. The van der Waals surface area contributed by atoms with Crippen LogP contribution in [0.25, 0.3) is 0 Å². The van der Waals surface area contributed by atoms with Crippen molar-refractivity contribution in [3.8, 4) is 0 Å². The molecule has 3 aromatic rings. The molecule has 30 heavy (non-hydrogen) atoms. The SMILES string of the molecule is CN(C)S(=O)(=O)c1ccc(Cl)c(C(=O)Nc2nnc(SCc3ccccc3F)s2)c1. The second-order valence-electron chi connectivity index (χ2n) is 6.14. The number of rotatable bonds is 7. The summed E-state index contributed by atoms with van der Waals surface area (Å²) in [6, 6.07) is 10.3. The number of benzene rings is 2. The molecule has 2 aromatic carbocycles. The van der Waals surface area contributed by atoms with Gasteiger partial charge in [0, 0.05) is 19.8 Å². The molecule has 1 aromatic heterocycles. The molecular formula is C18H16ClFN4O3S3. The van der Waals surface area contributed by atoms with Gasteiger partial charge in [0.2, 0.25) is 15.2 Å². The first-order valence-corrected chi connectivity index (χ1v) is 12.0. The number of hydrogen-bond acceptors (Lipinski definition) is 7. The van der Waals surface area contributed by atoms with E-state index in [9.17, 15) is 17.6 Å². The van der Waals surface area contributed by atoms with Crippen LogP contribution >= 0.6 is 34.7 Å². The van der Waals surface area contributed by atoms with Crippen molar-refractivity contribution in [3.63, 3.8) is 0 Å². The highest BCUT2D eigenvalue weighted by Gasteiger charge is 2.21. The number of anilines is 1. The lowest BCUT2D eigenvalue weighted by atomic mass is 10.2. The van der Waals surface area contributed by atoms with Crippen LogP contribution in [-0.2, 0) is 15.8 Å².